The van der Waals surface area contributed by atoms with Crippen molar-refractivity contribution in [1.82, 2.24) is 0 Å². The Balaban J connectivity index is 0.000000295. The van der Waals surface area contributed by atoms with Gasteiger partial charge in [-0.05, 0) is 181 Å². The number of ether oxygens (including phenoxy) is 4. The SMILES string of the molecule is CC(C)C1CC2C3CCC(C3)C2C1.CC(OCC1CCC(COC(C)OC(=O)C2CCC(C(C)C)C2)CC1)OC(=O)C1CCC(C(C)C)C1. The van der Waals surface area contributed by atoms with Crippen LogP contribution in [0.25, 0.3) is 0 Å². The number of hydrogen-bond acceptors (Lipinski definition) is 6. The van der Waals surface area contributed by atoms with Gasteiger partial charge in [-0.25, -0.2) is 0 Å². The maximum absolute atomic E-state index is 12.5. The molecule has 10 atom stereocenters. The van der Waals surface area contributed by atoms with E-state index in [-0.39, 0.29) is 23.8 Å². The average molecular weight is 687 g/mol. The Hall–Kier alpha value is -1.14. The fraction of sp³-hybridized carbons (Fsp3) is 0.953. The molecule has 0 N–H and O–H groups in total. The van der Waals surface area contributed by atoms with E-state index < -0.39 is 12.6 Å². The largest absolute Gasteiger partial charge is 0.436 e. The summed E-state index contributed by atoms with van der Waals surface area (Å²) in [5.41, 5.74) is 0. The number of rotatable bonds is 13. The van der Waals surface area contributed by atoms with Gasteiger partial charge in [0.15, 0.2) is 12.6 Å². The second-order valence-corrected chi connectivity index (χ2v) is 18.7. The molecule has 0 aliphatic heterocycles. The molecule has 6 saturated carbocycles. The van der Waals surface area contributed by atoms with Crippen LogP contribution < -0.4 is 0 Å². The van der Waals surface area contributed by atoms with Crippen molar-refractivity contribution in [2.24, 2.45) is 82.9 Å². The molecule has 2 bridgehead atoms. The third-order valence-electron chi connectivity index (χ3n) is 14.5. The van der Waals surface area contributed by atoms with E-state index in [1.54, 1.807) is 32.1 Å². The highest BCUT2D eigenvalue weighted by molar-refractivity contribution is 5.73. The van der Waals surface area contributed by atoms with Gasteiger partial charge in [0.2, 0.25) is 0 Å². The number of fused-ring (bicyclic) bond motifs is 5. The van der Waals surface area contributed by atoms with Crippen LogP contribution in [0.4, 0.5) is 0 Å². The quantitative estimate of drug-likeness (QED) is 0.142. The molecule has 0 spiro atoms. The molecular formula is C43H74O6. The smallest absolute Gasteiger partial charge is 0.311 e. The molecule has 0 aromatic carbocycles. The van der Waals surface area contributed by atoms with Crippen molar-refractivity contribution in [2.45, 2.75) is 164 Å². The molecule has 282 valence electrons. The predicted octanol–water partition coefficient (Wildman–Crippen LogP) is 10.5. The number of esters is 2. The van der Waals surface area contributed by atoms with Crippen LogP contribution in [0, 0.1) is 82.9 Å². The minimum absolute atomic E-state index is 0.0377. The molecule has 0 saturated heterocycles. The van der Waals surface area contributed by atoms with Gasteiger partial charge < -0.3 is 18.9 Å². The van der Waals surface area contributed by atoms with Crippen molar-refractivity contribution in [3.63, 3.8) is 0 Å². The van der Waals surface area contributed by atoms with E-state index in [9.17, 15) is 9.59 Å². The fourth-order valence-electron chi connectivity index (χ4n) is 11.0. The standard InChI is InChI=1S/C30H52O6.C13H22/c1-19(2)25-11-13-27(15-25)29(31)35-21(5)33-17-23-7-9-24(10-8-23)18-34-22(6)36-30(32)28-14-12-26(16-28)20(3)4;1-8(2)11-6-12-9-3-4-10(5-9)13(12)7-11/h19-28H,7-18H2,1-6H3;8-13H,3-7H2,1-2H3. The number of carbonyl (C=O) groups excluding carboxylic acids is 2. The normalized spacial score (nSPS) is 38.1. The molecular weight excluding hydrogens is 612 g/mol. The van der Waals surface area contributed by atoms with E-state index in [0.717, 1.165) is 76.0 Å². The minimum atomic E-state index is -0.483. The van der Waals surface area contributed by atoms with E-state index in [0.29, 0.717) is 48.7 Å². The Morgan fingerprint density at radius 1 is 0.469 bits per heavy atom. The molecule has 49 heavy (non-hydrogen) atoms. The molecule has 0 aromatic heterocycles. The van der Waals surface area contributed by atoms with E-state index in [1.807, 2.05) is 13.8 Å². The predicted molar refractivity (Wildman–Crippen MR) is 195 cm³/mol. The molecule has 0 amide bonds. The highest BCUT2D eigenvalue weighted by Crippen LogP contribution is 2.61. The van der Waals surface area contributed by atoms with Gasteiger partial charge in [0.25, 0.3) is 0 Å². The summed E-state index contributed by atoms with van der Waals surface area (Å²) in [6, 6.07) is 0. The zero-order chi connectivity index (χ0) is 35.2. The lowest BCUT2D eigenvalue weighted by atomic mass is 9.82. The number of carbonyl (C=O) groups is 2. The Labute approximate surface area is 300 Å². The lowest BCUT2D eigenvalue weighted by molar-refractivity contribution is -0.185. The van der Waals surface area contributed by atoms with E-state index in [2.05, 4.69) is 41.5 Å². The van der Waals surface area contributed by atoms with Crippen LogP contribution in [0.3, 0.4) is 0 Å². The summed E-state index contributed by atoms with van der Waals surface area (Å²) >= 11 is 0. The van der Waals surface area contributed by atoms with Crippen LogP contribution in [0.1, 0.15) is 152 Å². The van der Waals surface area contributed by atoms with Crippen molar-refractivity contribution in [2.75, 3.05) is 13.2 Å². The lowest BCUT2D eigenvalue weighted by Gasteiger charge is -2.29. The van der Waals surface area contributed by atoms with Gasteiger partial charge in [-0.3, -0.25) is 9.59 Å². The van der Waals surface area contributed by atoms with Crippen molar-refractivity contribution >= 4 is 11.9 Å². The van der Waals surface area contributed by atoms with Gasteiger partial charge >= 0.3 is 11.9 Å². The Kier molecular flexibility index (Phi) is 14.4. The Morgan fingerprint density at radius 3 is 1.20 bits per heavy atom. The third kappa shape index (κ3) is 10.7. The second-order valence-electron chi connectivity index (χ2n) is 18.7. The van der Waals surface area contributed by atoms with E-state index in [4.69, 9.17) is 18.9 Å². The molecule has 0 radical (unpaired) electrons. The van der Waals surface area contributed by atoms with Crippen molar-refractivity contribution in [3.8, 4) is 0 Å². The molecule has 0 aromatic rings. The van der Waals surface area contributed by atoms with Crippen molar-refractivity contribution in [1.29, 1.82) is 0 Å². The number of hydrogen-bond donors (Lipinski definition) is 0. The second kappa shape index (κ2) is 18.1. The molecule has 6 heteroatoms. The van der Waals surface area contributed by atoms with Gasteiger partial charge in [0.05, 0.1) is 25.0 Å². The Morgan fingerprint density at radius 2 is 0.857 bits per heavy atom. The van der Waals surface area contributed by atoms with Crippen LogP contribution in [0.15, 0.2) is 0 Å². The highest BCUT2D eigenvalue weighted by atomic mass is 16.7. The highest BCUT2D eigenvalue weighted by Gasteiger charge is 2.52. The molecule has 6 nitrogen and oxygen atoms in total. The summed E-state index contributed by atoms with van der Waals surface area (Å²) in [7, 11) is 0. The summed E-state index contributed by atoms with van der Waals surface area (Å²) in [6.45, 7) is 18.7. The fourth-order valence-corrected chi connectivity index (χ4v) is 11.0. The van der Waals surface area contributed by atoms with Gasteiger partial charge in [-0.15, -0.1) is 0 Å². The zero-order valence-corrected chi connectivity index (χ0v) is 32.7. The monoisotopic (exact) mass is 687 g/mol. The average Bonchev–Trinajstić information content (AvgIpc) is 3.90. The first-order valence-corrected chi connectivity index (χ1v) is 21.0. The van der Waals surface area contributed by atoms with E-state index >= 15 is 0 Å². The topological polar surface area (TPSA) is 71.1 Å². The molecule has 10 unspecified atom stereocenters. The molecule has 6 aliphatic rings. The summed E-state index contributed by atoms with van der Waals surface area (Å²) in [5, 5.41) is 0. The van der Waals surface area contributed by atoms with Gasteiger partial charge in [0.1, 0.15) is 0 Å². The summed E-state index contributed by atoms with van der Waals surface area (Å²) in [6.07, 6.45) is 17.3. The van der Waals surface area contributed by atoms with Gasteiger partial charge in [0, 0.05) is 0 Å². The van der Waals surface area contributed by atoms with Crippen LogP contribution in [0.2, 0.25) is 0 Å². The van der Waals surface area contributed by atoms with Gasteiger partial charge in [-0.2, -0.15) is 0 Å². The summed E-state index contributed by atoms with van der Waals surface area (Å²) < 4.78 is 23.0. The third-order valence-corrected chi connectivity index (χ3v) is 14.5. The van der Waals surface area contributed by atoms with E-state index in [1.165, 1.54) is 23.7 Å². The van der Waals surface area contributed by atoms with Crippen LogP contribution in [-0.4, -0.2) is 37.7 Å². The minimum Gasteiger partial charge on any atom is -0.436 e. The van der Waals surface area contributed by atoms with Gasteiger partial charge in [-0.1, -0.05) is 41.5 Å². The first-order chi connectivity index (χ1) is 23.4. The summed E-state index contributed by atoms with van der Waals surface area (Å²) in [4.78, 5) is 25.0. The molecule has 6 rings (SSSR count). The van der Waals surface area contributed by atoms with Crippen LogP contribution >= 0.6 is 0 Å². The molecule has 6 fully saturated rings. The zero-order valence-electron chi connectivity index (χ0n) is 32.7. The first kappa shape index (κ1) is 39.1. The first-order valence-electron chi connectivity index (χ1n) is 21.0. The van der Waals surface area contributed by atoms with Crippen molar-refractivity contribution < 1.29 is 28.5 Å². The lowest BCUT2D eigenvalue weighted by Crippen LogP contribution is -2.28. The molecule has 6 aliphatic carbocycles. The Bertz CT molecular complexity index is 955. The van der Waals surface area contributed by atoms with Crippen molar-refractivity contribution in [3.05, 3.63) is 0 Å². The summed E-state index contributed by atoms with van der Waals surface area (Å²) in [5.74, 6) is 10.1. The van der Waals surface area contributed by atoms with Crippen LogP contribution in [-0.2, 0) is 28.5 Å². The maximum atomic E-state index is 12.5. The van der Waals surface area contributed by atoms with Crippen LogP contribution in [0.5, 0.6) is 0 Å². The molecule has 0 heterocycles. The maximum Gasteiger partial charge on any atom is 0.311 e.